The molecule has 8 nitrogen and oxygen atoms in total. The van der Waals surface area contributed by atoms with Gasteiger partial charge in [0.25, 0.3) is 7.82 Å². The zero-order chi connectivity index (χ0) is 61.2. The minimum Gasteiger partial charge on any atom is -0.756 e. The molecule has 3 atom stereocenters. The summed E-state index contributed by atoms with van der Waals surface area (Å²) < 4.78 is 23.4. The summed E-state index contributed by atoms with van der Waals surface area (Å²) in [7, 11) is 1.22. The van der Waals surface area contributed by atoms with Crippen LogP contribution in [-0.4, -0.2) is 68.5 Å². The topological polar surface area (TPSA) is 108 Å². The van der Waals surface area contributed by atoms with Gasteiger partial charge in [-0.25, -0.2) is 0 Å². The van der Waals surface area contributed by atoms with E-state index in [1.165, 1.54) is 141 Å². The number of hydrogen-bond acceptors (Lipinski definition) is 6. The van der Waals surface area contributed by atoms with Gasteiger partial charge in [-0.1, -0.05) is 295 Å². The van der Waals surface area contributed by atoms with E-state index in [1.54, 1.807) is 6.08 Å². The summed E-state index contributed by atoms with van der Waals surface area (Å²) >= 11 is 0. The lowest BCUT2D eigenvalue weighted by Crippen LogP contribution is -2.45. The molecule has 0 aromatic carbocycles. The molecule has 0 aromatic heterocycles. The fraction of sp³-hybridized carbons (Fsp3) is 0.667. The average molecular weight is 1190 g/mol. The number of quaternary nitrogens is 1. The van der Waals surface area contributed by atoms with E-state index in [-0.39, 0.29) is 12.5 Å². The summed E-state index contributed by atoms with van der Waals surface area (Å²) in [6.07, 6.45) is 98.1. The molecule has 1 amide bonds. The number of carbonyl (C=O) groups is 1. The van der Waals surface area contributed by atoms with Crippen molar-refractivity contribution >= 4 is 13.7 Å². The number of hydrogen-bond donors (Lipinski definition) is 2. The Morgan fingerprint density at radius 2 is 0.738 bits per heavy atom. The largest absolute Gasteiger partial charge is 0.756 e. The van der Waals surface area contributed by atoms with Gasteiger partial charge in [-0.2, -0.15) is 0 Å². The van der Waals surface area contributed by atoms with Gasteiger partial charge in [0, 0.05) is 6.42 Å². The van der Waals surface area contributed by atoms with Gasteiger partial charge in [-0.3, -0.25) is 9.36 Å². The molecule has 9 heteroatoms. The highest BCUT2D eigenvalue weighted by molar-refractivity contribution is 7.45. The summed E-state index contributed by atoms with van der Waals surface area (Å²) in [5.74, 6) is -0.219. The third-order valence-corrected chi connectivity index (χ3v) is 15.5. The summed E-state index contributed by atoms with van der Waals surface area (Å²) in [6, 6.07) is -0.923. The van der Waals surface area contributed by atoms with Crippen molar-refractivity contribution in [1.82, 2.24) is 5.32 Å². The van der Waals surface area contributed by atoms with Crippen molar-refractivity contribution in [2.24, 2.45) is 0 Å². The number of nitrogens with one attached hydrogen (secondary N) is 1. The molecule has 0 aliphatic heterocycles. The molecule has 0 fully saturated rings. The van der Waals surface area contributed by atoms with Crippen molar-refractivity contribution in [3.63, 3.8) is 0 Å². The average Bonchev–Trinajstić information content (AvgIpc) is 3.56. The number of phosphoric ester groups is 1. The Bertz CT molecular complexity index is 1880. The first-order chi connectivity index (χ1) is 41.0. The van der Waals surface area contributed by atoms with Gasteiger partial charge in [-0.05, 0) is 116 Å². The second-order valence-electron chi connectivity index (χ2n) is 23.8. The van der Waals surface area contributed by atoms with E-state index < -0.39 is 26.6 Å². The minimum absolute atomic E-state index is 0.0160. The number of carbonyl (C=O) groups excluding carboxylic acids is 1. The van der Waals surface area contributed by atoms with Crippen LogP contribution in [0.1, 0.15) is 271 Å². The maximum absolute atomic E-state index is 13.0. The number of amides is 1. The third kappa shape index (κ3) is 65.9. The summed E-state index contributed by atoms with van der Waals surface area (Å²) in [4.78, 5) is 25.6. The SMILES string of the molecule is CC/C=C\C/C=C\C/C=C\C/C=C\C/C=C\C/C=C\C/C=C\C/C=C\C/C=C\CCCCCCCCCCCCCC(=O)NC(COP(=O)([O-])OCC[N+](C)(C)C)C(O)/C=C/CC/C=C/CC/C=C/CCCCCCCCCCCCCCC. The first-order valence-electron chi connectivity index (χ1n) is 34.2. The molecule has 0 heterocycles. The van der Waals surface area contributed by atoms with Crippen LogP contribution in [0.5, 0.6) is 0 Å². The molecule has 2 N–H and O–H groups in total. The molecule has 0 bridgehead atoms. The van der Waals surface area contributed by atoms with E-state index in [0.29, 0.717) is 17.4 Å². The van der Waals surface area contributed by atoms with E-state index in [2.05, 4.69) is 153 Å². The summed E-state index contributed by atoms with van der Waals surface area (Å²) in [5.41, 5.74) is 0. The fourth-order valence-electron chi connectivity index (χ4n) is 9.24. The Balaban J connectivity index is 4.17. The van der Waals surface area contributed by atoms with Crippen LogP contribution in [0.3, 0.4) is 0 Å². The number of allylic oxidation sites excluding steroid dienone is 23. The van der Waals surface area contributed by atoms with Crippen LogP contribution < -0.4 is 10.2 Å². The molecule has 0 rings (SSSR count). The van der Waals surface area contributed by atoms with E-state index >= 15 is 0 Å². The second kappa shape index (κ2) is 63.9. The molecule has 0 spiro atoms. The lowest BCUT2D eigenvalue weighted by Gasteiger charge is -2.29. The molecular formula is C75H129N2O6P. The van der Waals surface area contributed by atoms with E-state index in [0.717, 1.165) is 109 Å². The number of likely N-dealkylation sites (N-methyl/N-ethyl adjacent to an activating group) is 1. The predicted octanol–water partition coefficient (Wildman–Crippen LogP) is 21.4. The number of rotatable bonds is 61. The molecule has 0 saturated heterocycles. The van der Waals surface area contributed by atoms with Gasteiger partial charge in [0.1, 0.15) is 13.2 Å². The molecule has 0 radical (unpaired) electrons. The van der Waals surface area contributed by atoms with Crippen LogP contribution in [0.15, 0.2) is 146 Å². The molecule has 84 heavy (non-hydrogen) atoms. The van der Waals surface area contributed by atoms with Crippen molar-refractivity contribution in [3.05, 3.63) is 146 Å². The molecular weight excluding hydrogens is 1060 g/mol. The van der Waals surface area contributed by atoms with Crippen LogP contribution in [0, 0.1) is 0 Å². The number of phosphoric acid groups is 1. The van der Waals surface area contributed by atoms with Gasteiger partial charge in [-0.15, -0.1) is 0 Å². The predicted molar refractivity (Wildman–Crippen MR) is 366 cm³/mol. The van der Waals surface area contributed by atoms with E-state index in [4.69, 9.17) is 9.05 Å². The first-order valence-corrected chi connectivity index (χ1v) is 35.7. The molecule has 0 aliphatic rings. The van der Waals surface area contributed by atoms with Gasteiger partial charge in [0.15, 0.2) is 0 Å². The maximum Gasteiger partial charge on any atom is 0.268 e. The Hall–Kier alpha value is -3.62. The maximum atomic E-state index is 13.0. The number of unbranched alkanes of at least 4 members (excludes halogenated alkanes) is 26. The van der Waals surface area contributed by atoms with Crippen LogP contribution in [-0.2, 0) is 18.4 Å². The number of nitrogens with zero attached hydrogens (tertiary/aromatic N) is 1. The van der Waals surface area contributed by atoms with Crippen molar-refractivity contribution in [1.29, 1.82) is 0 Å². The smallest absolute Gasteiger partial charge is 0.268 e. The molecule has 0 aliphatic carbocycles. The standard InChI is InChI=1S/C75H129N2O6P/c1-6-8-10-12-14-16-18-20-22-24-26-28-30-31-32-33-34-35-36-37-38-39-40-41-42-43-44-45-47-49-51-53-55-57-59-61-63-65-67-69-75(79)76-73(72-83-84(80,81)82-71-70-77(3,4)5)74(78)68-66-64-62-60-58-56-54-52-50-48-46-29-27-25-23-21-19-17-15-13-11-9-7-2/h8,10,14,16,20,22,26,28,31-32,34-35,37-38,40-41,43-44,50,52,58,60,66,68,73-74,78H,6-7,9,11-13,15,17-19,21,23-25,27,29-30,33,36,39,42,45-49,51,53-57,59,61-65,67,69-72H2,1-5H3,(H-,76,79,80,81)/b10-8-,16-14-,22-20-,28-26-,32-31-,35-34-,38-37-,41-40-,44-43-,52-50+,60-58+,68-66+. The Kier molecular flexibility index (Phi) is 61.1. The molecule has 0 aromatic rings. The first kappa shape index (κ1) is 80.4. The van der Waals surface area contributed by atoms with Crippen LogP contribution in [0.4, 0.5) is 0 Å². The van der Waals surface area contributed by atoms with Crippen LogP contribution in [0.25, 0.3) is 0 Å². The van der Waals surface area contributed by atoms with Crippen LogP contribution >= 0.6 is 7.82 Å². The lowest BCUT2D eigenvalue weighted by atomic mass is 10.0. The Labute approximate surface area is 519 Å². The highest BCUT2D eigenvalue weighted by atomic mass is 31.2. The monoisotopic (exact) mass is 1180 g/mol. The third-order valence-electron chi connectivity index (χ3n) is 14.5. The summed E-state index contributed by atoms with van der Waals surface area (Å²) in [6.45, 7) is 4.51. The van der Waals surface area contributed by atoms with Crippen molar-refractivity contribution in [3.8, 4) is 0 Å². The van der Waals surface area contributed by atoms with E-state index in [1.807, 2.05) is 27.2 Å². The lowest BCUT2D eigenvalue weighted by molar-refractivity contribution is -0.870. The van der Waals surface area contributed by atoms with E-state index in [9.17, 15) is 19.4 Å². The Morgan fingerprint density at radius 1 is 0.429 bits per heavy atom. The Morgan fingerprint density at radius 3 is 1.11 bits per heavy atom. The molecule has 480 valence electrons. The van der Waals surface area contributed by atoms with Gasteiger partial charge in [0.05, 0.1) is 39.9 Å². The minimum atomic E-state index is -4.62. The number of aliphatic hydroxyl groups excluding tert-OH is 1. The van der Waals surface area contributed by atoms with Crippen molar-refractivity contribution in [2.45, 2.75) is 283 Å². The van der Waals surface area contributed by atoms with Crippen molar-refractivity contribution in [2.75, 3.05) is 40.9 Å². The van der Waals surface area contributed by atoms with Crippen molar-refractivity contribution < 1.29 is 32.9 Å². The number of aliphatic hydroxyl groups is 1. The molecule has 0 saturated carbocycles. The highest BCUT2D eigenvalue weighted by Gasteiger charge is 2.23. The fourth-order valence-corrected chi connectivity index (χ4v) is 9.96. The van der Waals surface area contributed by atoms with Gasteiger partial charge >= 0.3 is 0 Å². The summed E-state index contributed by atoms with van der Waals surface area (Å²) in [5, 5.41) is 13.9. The highest BCUT2D eigenvalue weighted by Crippen LogP contribution is 2.38. The zero-order valence-electron chi connectivity index (χ0n) is 54.8. The second-order valence-corrected chi connectivity index (χ2v) is 25.2. The molecule has 3 unspecified atom stereocenters. The van der Waals surface area contributed by atoms with Gasteiger partial charge in [0.2, 0.25) is 5.91 Å². The normalized spacial score (nSPS) is 14.6. The van der Waals surface area contributed by atoms with Gasteiger partial charge < -0.3 is 28.8 Å². The zero-order valence-corrected chi connectivity index (χ0v) is 55.7. The quantitative estimate of drug-likeness (QED) is 0.0272. The van der Waals surface area contributed by atoms with Crippen LogP contribution in [0.2, 0.25) is 0 Å².